The Morgan fingerprint density at radius 2 is 1.95 bits per heavy atom. The van der Waals surface area contributed by atoms with Gasteiger partial charge < -0.3 is 10.0 Å². The highest BCUT2D eigenvalue weighted by Crippen LogP contribution is 2.34. The number of rotatable bonds is 7. The summed E-state index contributed by atoms with van der Waals surface area (Å²) in [5, 5.41) is 9.32. The molecule has 0 spiro atoms. The average Bonchev–Trinajstić information content (AvgIpc) is 2.43. The van der Waals surface area contributed by atoms with Gasteiger partial charge in [-0.15, -0.1) is 0 Å². The lowest BCUT2D eigenvalue weighted by Crippen LogP contribution is -2.46. The molecular formula is C16H29NO3. The van der Waals surface area contributed by atoms with Crippen molar-refractivity contribution in [2.45, 2.75) is 65.7 Å². The maximum Gasteiger partial charge on any atom is 0.309 e. The fourth-order valence-corrected chi connectivity index (χ4v) is 2.83. The quantitative estimate of drug-likeness (QED) is 0.729. The van der Waals surface area contributed by atoms with Crippen LogP contribution in [0.25, 0.3) is 0 Å². The SMILES string of the molecule is CCCCCCC(=O)N1CCCC(C(C)(C)C(=O)O)C1. The Morgan fingerprint density at radius 3 is 2.55 bits per heavy atom. The molecule has 1 heterocycles. The fraction of sp³-hybridized carbons (Fsp3) is 0.875. The van der Waals surface area contributed by atoms with E-state index in [9.17, 15) is 14.7 Å². The predicted molar refractivity (Wildman–Crippen MR) is 79.5 cm³/mol. The summed E-state index contributed by atoms with van der Waals surface area (Å²) in [5.41, 5.74) is -0.749. The van der Waals surface area contributed by atoms with Crippen molar-refractivity contribution in [1.82, 2.24) is 4.90 Å². The Balaban J connectivity index is 2.48. The highest BCUT2D eigenvalue weighted by atomic mass is 16.4. The van der Waals surface area contributed by atoms with Gasteiger partial charge in [-0.2, -0.15) is 0 Å². The maximum atomic E-state index is 12.2. The van der Waals surface area contributed by atoms with Crippen LogP contribution in [-0.4, -0.2) is 35.0 Å². The van der Waals surface area contributed by atoms with E-state index in [1.807, 2.05) is 4.90 Å². The van der Waals surface area contributed by atoms with Crippen molar-refractivity contribution in [2.24, 2.45) is 11.3 Å². The van der Waals surface area contributed by atoms with Crippen LogP contribution in [0.15, 0.2) is 0 Å². The van der Waals surface area contributed by atoms with Gasteiger partial charge in [0.25, 0.3) is 0 Å². The van der Waals surface area contributed by atoms with Crippen molar-refractivity contribution in [1.29, 1.82) is 0 Å². The van der Waals surface area contributed by atoms with Gasteiger partial charge in [0, 0.05) is 19.5 Å². The first kappa shape index (κ1) is 17.0. The number of unbranched alkanes of at least 4 members (excludes halogenated alkanes) is 3. The zero-order valence-electron chi connectivity index (χ0n) is 13.2. The van der Waals surface area contributed by atoms with Crippen LogP contribution in [-0.2, 0) is 9.59 Å². The third-order valence-corrected chi connectivity index (χ3v) is 4.59. The van der Waals surface area contributed by atoms with E-state index < -0.39 is 11.4 Å². The van der Waals surface area contributed by atoms with Crippen molar-refractivity contribution in [2.75, 3.05) is 13.1 Å². The zero-order valence-corrected chi connectivity index (χ0v) is 13.2. The van der Waals surface area contributed by atoms with Crippen LogP contribution in [0.2, 0.25) is 0 Å². The molecule has 1 aliphatic rings. The molecule has 1 rings (SSSR count). The van der Waals surface area contributed by atoms with Gasteiger partial charge in [0.15, 0.2) is 0 Å². The minimum absolute atomic E-state index is 0.0633. The molecular weight excluding hydrogens is 254 g/mol. The van der Waals surface area contributed by atoms with E-state index in [-0.39, 0.29) is 11.8 Å². The highest BCUT2D eigenvalue weighted by molar-refractivity contribution is 5.77. The first-order valence-electron chi connectivity index (χ1n) is 7.90. The lowest BCUT2D eigenvalue weighted by molar-refractivity contribution is -0.153. The van der Waals surface area contributed by atoms with Crippen LogP contribution in [0, 0.1) is 11.3 Å². The van der Waals surface area contributed by atoms with Crippen molar-refractivity contribution in [3.63, 3.8) is 0 Å². The number of piperidine rings is 1. The van der Waals surface area contributed by atoms with E-state index in [4.69, 9.17) is 0 Å². The minimum Gasteiger partial charge on any atom is -0.481 e. The summed E-state index contributed by atoms with van der Waals surface area (Å²) in [6.07, 6.45) is 6.85. The normalized spacial score (nSPS) is 19.9. The summed E-state index contributed by atoms with van der Waals surface area (Å²) in [5.74, 6) is -0.500. The van der Waals surface area contributed by atoms with Crippen LogP contribution >= 0.6 is 0 Å². The van der Waals surface area contributed by atoms with Crippen LogP contribution in [0.5, 0.6) is 0 Å². The van der Waals surface area contributed by atoms with Gasteiger partial charge in [0.1, 0.15) is 0 Å². The number of carboxylic acid groups (broad SMARTS) is 1. The van der Waals surface area contributed by atoms with Crippen molar-refractivity contribution in [3.05, 3.63) is 0 Å². The minimum atomic E-state index is -0.764. The fourth-order valence-electron chi connectivity index (χ4n) is 2.83. The van der Waals surface area contributed by atoms with Crippen molar-refractivity contribution in [3.8, 4) is 0 Å². The number of carboxylic acids is 1. The summed E-state index contributed by atoms with van der Waals surface area (Å²) in [7, 11) is 0. The lowest BCUT2D eigenvalue weighted by Gasteiger charge is -2.39. The number of hydrogen-bond acceptors (Lipinski definition) is 2. The van der Waals surface area contributed by atoms with Crippen LogP contribution in [0.1, 0.15) is 65.7 Å². The summed E-state index contributed by atoms with van der Waals surface area (Å²) in [4.78, 5) is 25.4. The molecule has 1 atom stereocenters. The molecule has 0 aromatic carbocycles. The smallest absolute Gasteiger partial charge is 0.309 e. The van der Waals surface area contributed by atoms with Gasteiger partial charge in [0.2, 0.25) is 5.91 Å². The maximum absolute atomic E-state index is 12.2. The average molecular weight is 283 g/mol. The molecule has 1 fully saturated rings. The second-order valence-electron chi connectivity index (χ2n) is 6.52. The van der Waals surface area contributed by atoms with E-state index in [2.05, 4.69) is 6.92 Å². The number of carbonyl (C=O) groups is 2. The number of aliphatic carboxylic acids is 1. The molecule has 4 nitrogen and oxygen atoms in total. The lowest BCUT2D eigenvalue weighted by atomic mass is 9.74. The van der Waals surface area contributed by atoms with Gasteiger partial charge in [0.05, 0.1) is 5.41 Å². The summed E-state index contributed by atoms with van der Waals surface area (Å²) in [6, 6.07) is 0. The molecule has 1 aliphatic heterocycles. The second kappa shape index (κ2) is 7.65. The molecule has 0 radical (unpaired) electrons. The topological polar surface area (TPSA) is 57.6 Å². The van der Waals surface area contributed by atoms with Crippen molar-refractivity contribution < 1.29 is 14.7 Å². The molecule has 0 aliphatic carbocycles. The summed E-state index contributed by atoms with van der Waals surface area (Å²) >= 11 is 0. The Hall–Kier alpha value is -1.06. The Morgan fingerprint density at radius 1 is 1.25 bits per heavy atom. The Bertz CT molecular complexity index is 339. The first-order chi connectivity index (χ1) is 9.39. The van der Waals surface area contributed by atoms with Gasteiger partial charge in [-0.25, -0.2) is 0 Å². The van der Waals surface area contributed by atoms with Crippen LogP contribution in [0.4, 0.5) is 0 Å². The molecule has 4 heteroatoms. The van der Waals surface area contributed by atoms with Crippen molar-refractivity contribution >= 4 is 11.9 Å². The Labute approximate surface area is 122 Å². The molecule has 1 amide bonds. The number of amides is 1. The second-order valence-corrected chi connectivity index (χ2v) is 6.52. The standard InChI is InChI=1S/C16H29NO3/c1-4-5-6-7-10-14(18)17-11-8-9-13(12-17)16(2,3)15(19)20/h13H,4-12H2,1-3H3,(H,19,20). The van der Waals surface area contributed by atoms with Gasteiger partial charge in [-0.05, 0) is 39.0 Å². The monoisotopic (exact) mass is 283 g/mol. The number of hydrogen-bond donors (Lipinski definition) is 1. The number of carbonyl (C=O) groups excluding carboxylic acids is 1. The predicted octanol–water partition coefficient (Wildman–Crippen LogP) is 3.31. The molecule has 1 N–H and O–H groups in total. The van der Waals surface area contributed by atoms with E-state index in [1.165, 1.54) is 12.8 Å². The third-order valence-electron chi connectivity index (χ3n) is 4.59. The third kappa shape index (κ3) is 4.50. The molecule has 20 heavy (non-hydrogen) atoms. The number of nitrogens with zero attached hydrogens (tertiary/aromatic N) is 1. The van der Waals surface area contributed by atoms with Crippen LogP contribution in [0.3, 0.4) is 0 Å². The van der Waals surface area contributed by atoms with E-state index in [0.29, 0.717) is 13.0 Å². The van der Waals surface area contributed by atoms with Gasteiger partial charge in [-0.3, -0.25) is 9.59 Å². The Kier molecular flexibility index (Phi) is 6.50. The molecule has 0 bridgehead atoms. The zero-order chi connectivity index (χ0) is 15.2. The molecule has 0 saturated carbocycles. The van der Waals surface area contributed by atoms with E-state index in [1.54, 1.807) is 13.8 Å². The first-order valence-corrected chi connectivity index (χ1v) is 7.90. The molecule has 1 saturated heterocycles. The molecule has 0 aromatic rings. The summed E-state index contributed by atoms with van der Waals surface area (Å²) < 4.78 is 0. The van der Waals surface area contributed by atoms with Gasteiger partial charge in [-0.1, -0.05) is 26.2 Å². The summed E-state index contributed by atoms with van der Waals surface area (Å²) in [6.45, 7) is 7.10. The molecule has 116 valence electrons. The largest absolute Gasteiger partial charge is 0.481 e. The van der Waals surface area contributed by atoms with E-state index in [0.717, 1.165) is 32.2 Å². The van der Waals surface area contributed by atoms with Gasteiger partial charge >= 0.3 is 5.97 Å². The highest BCUT2D eigenvalue weighted by Gasteiger charge is 2.39. The number of likely N-dealkylation sites (tertiary alicyclic amines) is 1. The molecule has 0 aromatic heterocycles. The van der Waals surface area contributed by atoms with E-state index >= 15 is 0 Å². The molecule has 1 unspecified atom stereocenters. The van der Waals surface area contributed by atoms with Crippen LogP contribution < -0.4 is 0 Å².